The molecule has 0 radical (unpaired) electrons. The number of benzene rings is 2. The molecular formula is C23H18N4O3S. The Balaban J connectivity index is 1.45. The molecule has 1 atom stereocenters. The Morgan fingerprint density at radius 1 is 1.03 bits per heavy atom. The molecule has 1 amide bonds. The zero-order valence-corrected chi connectivity index (χ0v) is 17.1. The minimum Gasteiger partial charge on any atom is -0.361 e. The maximum Gasteiger partial charge on any atom is 0.270 e. The van der Waals surface area contributed by atoms with Gasteiger partial charge in [-0.05, 0) is 29.1 Å². The number of nitrogens with one attached hydrogen (secondary N) is 3. The van der Waals surface area contributed by atoms with Gasteiger partial charge in [-0.15, -0.1) is 11.3 Å². The SMILES string of the molecule is O=C(NCC(c1cccs1)c1c[nH]c2ccccc12)c1c[nH]c2ccc([N+](=O)[O-])cc12. The van der Waals surface area contributed by atoms with Gasteiger partial charge in [-0.3, -0.25) is 14.9 Å². The van der Waals surface area contributed by atoms with E-state index in [9.17, 15) is 14.9 Å². The summed E-state index contributed by atoms with van der Waals surface area (Å²) < 4.78 is 0. The molecular weight excluding hydrogens is 412 g/mol. The Morgan fingerprint density at radius 2 is 1.84 bits per heavy atom. The summed E-state index contributed by atoms with van der Waals surface area (Å²) in [4.78, 5) is 31.1. The fraction of sp³-hybridized carbons (Fsp3) is 0.0870. The fourth-order valence-corrected chi connectivity index (χ4v) is 4.78. The molecule has 3 aromatic heterocycles. The molecule has 0 saturated heterocycles. The number of amides is 1. The number of nitrogens with zero attached hydrogens (tertiary/aromatic N) is 1. The maximum atomic E-state index is 13.0. The fourth-order valence-electron chi connectivity index (χ4n) is 3.94. The third-order valence-electron chi connectivity index (χ3n) is 5.47. The number of aromatic amines is 2. The molecule has 5 rings (SSSR count). The predicted molar refractivity (Wildman–Crippen MR) is 122 cm³/mol. The first-order valence-corrected chi connectivity index (χ1v) is 10.6. The van der Waals surface area contributed by atoms with Gasteiger partial charge in [-0.25, -0.2) is 0 Å². The molecule has 0 aliphatic rings. The first kappa shape index (κ1) is 19.1. The summed E-state index contributed by atoms with van der Waals surface area (Å²) in [5.41, 5.74) is 3.20. The molecule has 5 aromatic rings. The molecule has 3 heterocycles. The molecule has 154 valence electrons. The standard InChI is InChI=1S/C23H18N4O3S/c28-23(19-13-25-21-8-7-14(27(29)30)10-16(19)21)26-12-18(22-6-3-9-31-22)17-11-24-20-5-2-1-4-15(17)20/h1-11,13,18,24-25H,12H2,(H,26,28). The third-order valence-corrected chi connectivity index (χ3v) is 6.46. The lowest BCUT2D eigenvalue weighted by atomic mass is 9.96. The van der Waals surface area contributed by atoms with Gasteiger partial charge in [0.25, 0.3) is 11.6 Å². The number of non-ortho nitro benzene ring substituents is 1. The van der Waals surface area contributed by atoms with Crippen LogP contribution >= 0.6 is 11.3 Å². The zero-order valence-electron chi connectivity index (χ0n) is 16.3. The second-order valence-corrected chi connectivity index (χ2v) is 8.24. The highest BCUT2D eigenvalue weighted by Crippen LogP contribution is 2.33. The van der Waals surface area contributed by atoms with E-state index in [-0.39, 0.29) is 17.5 Å². The van der Waals surface area contributed by atoms with Crippen LogP contribution in [0.15, 0.2) is 72.4 Å². The molecule has 0 fully saturated rings. The second kappa shape index (κ2) is 7.73. The van der Waals surface area contributed by atoms with Crippen molar-refractivity contribution in [2.45, 2.75) is 5.92 Å². The molecule has 3 N–H and O–H groups in total. The van der Waals surface area contributed by atoms with Gasteiger partial charge in [0, 0.05) is 63.7 Å². The summed E-state index contributed by atoms with van der Waals surface area (Å²) in [5.74, 6) is -0.284. The highest BCUT2D eigenvalue weighted by atomic mass is 32.1. The van der Waals surface area contributed by atoms with Crippen LogP contribution in [-0.2, 0) is 0 Å². The van der Waals surface area contributed by atoms with E-state index >= 15 is 0 Å². The van der Waals surface area contributed by atoms with E-state index in [1.165, 1.54) is 12.1 Å². The Bertz CT molecular complexity index is 1400. The number of hydrogen-bond donors (Lipinski definition) is 3. The molecule has 2 aromatic carbocycles. The van der Waals surface area contributed by atoms with Crippen LogP contribution in [0.3, 0.4) is 0 Å². The second-order valence-electron chi connectivity index (χ2n) is 7.26. The van der Waals surface area contributed by atoms with Crippen molar-refractivity contribution < 1.29 is 9.72 Å². The number of H-pyrrole nitrogens is 2. The average Bonchev–Trinajstić information content (AvgIpc) is 3.53. The van der Waals surface area contributed by atoms with Gasteiger partial charge in [0.05, 0.1) is 10.5 Å². The van der Waals surface area contributed by atoms with Gasteiger partial charge in [0.1, 0.15) is 0 Å². The van der Waals surface area contributed by atoms with Gasteiger partial charge >= 0.3 is 0 Å². The van der Waals surface area contributed by atoms with E-state index in [0.717, 1.165) is 21.3 Å². The Kier molecular flexibility index (Phi) is 4.76. The maximum absolute atomic E-state index is 13.0. The quantitative estimate of drug-likeness (QED) is 0.255. The van der Waals surface area contributed by atoms with E-state index in [0.29, 0.717) is 23.0 Å². The van der Waals surface area contributed by atoms with Crippen LogP contribution in [-0.4, -0.2) is 27.3 Å². The van der Waals surface area contributed by atoms with Gasteiger partial charge in [-0.2, -0.15) is 0 Å². The van der Waals surface area contributed by atoms with Crippen LogP contribution < -0.4 is 5.32 Å². The van der Waals surface area contributed by atoms with Crippen molar-refractivity contribution in [3.05, 3.63) is 98.5 Å². The minimum absolute atomic E-state index is 0.0142. The number of carbonyl (C=O) groups excluding carboxylic acids is 1. The molecule has 31 heavy (non-hydrogen) atoms. The van der Waals surface area contributed by atoms with E-state index in [1.54, 1.807) is 23.6 Å². The number of carbonyl (C=O) groups is 1. The van der Waals surface area contributed by atoms with E-state index in [4.69, 9.17) is 0 Å². The first-order chi connectivity index (χ1) is 15.1. The smallest absolute Gasteiger partial charge is 0.270 e. The average molecular weight is 430 g/mol. The lowest BCUT2D eigenvalue weighted by Gasteiger charge is -2.16. The number of nitro groups is 1. The van der Waals surface area contributed by atoms with Gasteiger partial charge in [0.15, 0.2) is 0 Å². The summed E-state index contributed by atoms with van der Waals surface area (Å²) in [6.07, 6.45) is 3.59. The van der Waals surface area contributed by atoms with Crippen LogP contribution in [0.2, 0.25) is 0 Å². The number of nitro benzene ring substituents is 1. The molecule has 0 saturated carbocycles. The Morgan fingerprint density at radius 3 is 2.65 bits per heavy atom. The van der Waals surface area contributed by atoms with Crippen molar-refractivity contribution >= 4 is 44.7 Å². The summed E-state index contributed by atoms with van der Waals surface area (Å²) in [6, 6.07) is 16.6. The molecule has 0 bridgehead atoms. The summed E-state index contributed by atoms with van der Waals surface area (Å²) in [6.45, 7) is 0.406. The molecule has 0 spiro atoms. The topological polar surface area (TPSA) is 104 Å². The van der Waals surface area contributed by atoms with Gasteiger partial charge in [-0.1, -0.05) is 24.3 Å². The van der Waals surface area contributed by atoms with Crippen LogP contribution in [0.25, 0.3) is 21.8 Å². The first-order valence-electron chi connectivity index (χ1n) is 9.75. The number of hydrogen-bond acceptors (Lipinski definition) is 4. The largest absolute Gasteiger partial charge is 0.361 e. The van der Waals surface area contributed by atoms with Crippen LogP contribution in [0.4, 0.5) is 5.69 Å². The number of para-hydroxylation sites is 1. The van der Waals surface area contributed by atoms with E-state index in [1.807, 2.05) is 35.8 Å². The lowest BCUT2D eigenvalue weighted by molar-refractivity contribution is -0.384. The van der Waals surface area contributed by atoms with Crippen molar-refractivity contribution in [1.29, 1.82) is 0 Å². The number of fused-ring (bicyclic) bond motifs is 2. The van der Waals surface area contributed by atoms with Crippen molar-refractivity contribution in [2.24, 2.45) is 0 Å². The highest BCUT2D eigenvalue weighted by molar-refractivity contribution is 7.10. The van der Waals surface area contributed by atoms with E-state index in [2.05, 4.69) is 27.4 Å². The van der Waals surface area contributed by atoms with Crippen molar-refractivity contribution in [3.8, 4) is 0 Å². The predicted octanol–water partition coefficient (Wildman–Crippen LogP) is 5.18. The highest BCUT2D eigenvalue weighted by Gasteiger charge is 2.21. The zero-order chi connectivity index (χ0) is 21.4. The van der Waals surface area contributed by atoms with Gasteiger partial charge in [0.2, 0.25) is 0 Å². The van der Waals surface area contributed by atoms with Crippen molar-refractivity contribution in [3.63, 3.8) is 0 Å². The normalized spacial score (nSPS) is 12.3. The molecule has 0 aliphatic heterocycles. The van der Waals surface area contributed by atoms with Crippen LogP contribution in [0.5, 0.6) is 0 Å². The number of thiophene rings is 1. The third kappa shape index (κ3) is 3.47. The summed E-state index contributed by atoms with van der Waals surface area (Å²) >= 11 is 1.65. The van der Waals surface area contributed by atoms with Gasteiger partial charge < -0.3 is 15.3 Å². The number of aromatic nitrogens is 2. The number of rotatable bonds is 6. The van der Waals surface area contributed by atoms with E-state index < -0.39 is 4.92 Å². The summed E-state index contributed by atoms with van der Waals surface area (Å²) in [5, 5.41) is 17.8. The molecule has 1 unspecified atom stereocenters. The molecule has 8 heteroatoms. The molecule has 0 aliphatic carbocycles. The van der Waals surface area contributed by atoms with Crippen LogP contribution in [0, 0.1) is 10.1 Å². The lowest BCUT2D eigenvalue weighted by Crippen LogP contribution is -2.28. The van der Waals surface area contributed by atoms with Crippen molar-refractivity contribution in [2.75, 3.05) is 6.54 Å². The Hall–Kier alpha value is -3.91. The van der Waals surface area contributed by atoms with Crippen molar-refractivity contribution in [1.82, 2.24) is 15.3 Å². The summed E-state index contributed by atoms with van der Waals surface area (Å²) in [7, 11) is 0. The Labute approximate surface area is 180 Å². The molecule has 7 nitrogen and oxygen atoms in total. The minimum atomic E-state index is -0.460. The van der Waals surface area contributed by atoms with Crippen LogP contribution in [0.1, 0.15) is 26.7 Å². The monoisotopic (exact) mass is 430 g/mol.